The molecule has 1 unspecified atom stereocenters. The number of nitrogens with one attached hydrogen (secondary N) is 1. The molecule has 0 bridgehead atoms. The molecule has 0 aromatic rings. The van der Waals surface area contributed by atoms with Gasteiger partial charge in [-0.05, 0) is 25.8 Å². The second-order valence-corrected chi connectivity index (χ2v) is 4.97. The van der Waals surface area contributed by atoms with Crippen molar-refractivity contribution in [3.63, 3.8) is 0 Å². The average molecular weight is 222 g/mol. The molecule has 2 aliphatic rings. The normalized spacial score (nSPS) is 29.7. The van der Waals surface area contributed by atoms with Crippen LogP contribution in [0.2, 0.25) is 0 Å². The SMILES string of the molecule is CCCC1(C(=O)N2CC=CCC2)CCNC1. The fourth-order valence-electron chi connectivity index (χ4n) is 2.89. The Morgan fingerprint density at radius 2 is 2.38 bits per heavy atom. The Hall–Kier alpha value is -0.830. The first-order chi connectivity index (χ1) is 7.78. The van der Waals surface area contributed by atoms with Gasteiger partial charge in [-0.1, -0.05) is 25.5 Å². The van der Waals surface area contributed by atoms with Crippen molar-refractivity contribution >= 4 is 5.91 Å². The van der Waals surface area contributed by atoms with E-state index in [1.54, 1.807) is 0 Å². The maximum atomic E-state index is 12.6. The molecule has 1 N–H and O–H groups in total. The number of rotatable bonds is 3. The zero-order valence-electron chi connectivity index (χ0n) is 10.2. The van der Waals surface area contributed by atoms with Crippen LogP contribution in [0.15, 0.2) is 12.2 Å². The van der Waals surface area contributed by atoms with Crippen molar-refractivity contribution in [1.82, 2.24) is 10.2 Å². The molecule has 1 atom stereocenters. The highest BCUT2D eigenvalue weighted by Crippen LogP contribution is 2.33. The van der Waals surface area contributed by atoms with Crippen LogP contribution >= 0.6 is 0 Å². The molecule has 16 heavy (non-hydrogen) atoms. The number of carbonyl (C=O) groups is 1. The smallest absolute Gasteiger partial charge is 0.230 e. The van der Waals surface area contributed by atoms with Crippen LogP contribution in [-0.2, 0) is 4.79 Å². The zero-order chi connectivity index (χ0) is 11.4. The quantitative estimate of drug-likeness (QED) is 0.735. The Labute approximate surface area is 97.9 Å². The molecule has 0 aliphatic carbocycles. The third kappa shape index (κ3) is 2.14. The number of hydrogen-bond acceptors (Lipinski definition) is 2. The van der Waals surface area contributed by atoms with Gasteiger partial charge in [0.1, 0.15) is 0 Å². The van der Waals surface area contributed by atoms with Crippen LogP contribution in [0.1, 0.15) is 32.6 Å². The summed E-state index contributed by atoms with van der Waals surface area (Å²) in [5, 5.41) is 3.35. The van der Waals surface area contributed by atoms with E-state index in [9.17, 15) is 4.79 Å². The van der Waals surface area contributed by atoms with Gasteiger partial charge in [-0.3, -0.25) is 4.79 Å². The Kier molecular flexibility index (Phi) is 3.64. The minimum Gasteiger partial charge on any atom is -0.338 e. The van der Waals surface area contributed by atoms with Gasteiger partial charge in [0.2, 0.25) is 5.91 Å². The number of hydrogen-bond donors (Lipinski definition) is 1. The Morgan fingerprint density at radius 1 is 1.50 bits per heavy atom. The predicted octanol–water partition coefficient (Wildman–Crippen LogP) is 1.55. The van der Waals surface area contributed by atoms with Crippen LogP contribution in [0.4, 0.5) is 0 Å². The van der Waals surface area contributed by atoms with E-state index in [0.29, 0.717) is 5.91 Å². The highest BCUT2D eigenvalue weighted by atomic mass is 16.2. The topological polar surface area (TPSA) is 32.3 Å². The van der Waals surface area contributed by atoms with Gasteiger partial charge in [0.25, 0.3) is 0 Å². The van der Waals surface area contributed by atoms with Crippen LogP contribution in [-0.4, -0.2) is 37.0 Å². The maximum absolute atomic E-state index is 12.6. The summed E-state index contributed by atoms with van der Waals surface area (Å²) in [4.78, 5) is 14.6. The Bertz CT molecular complexity index is 280. The highest BCUT2D eigenvalue weighted by molar-refractivity contribution is 5.83. The van der Waals surface area contributed by atoms with E-state index in [4.69, 9.17) is 0 Å². The predicted molar refractivity (Wildman–Crippen MR) is 65.2 cm³/mol. The molecule has 0 spiro atoms. The van der Waals surface area contributed by atoms with Crippen molar-refractivity contribution in [2.45, 2.75) is 32.6 Å². The number of amides is 1. The second-order valence-electron chi connectivity index (χ2n) is 4.97. The summed E-state index contributed by atoms with van der Waals surface area (Å²) >= 11 is 0. The summed E-state index contributed by atoms with van der Waals surface area (Å²) in [6, 6.07) is 0. The van der Waals surface area contributed by atoms with E-state index < -0.39 is 0 Å². The van der Waals surface area contributed by atoms with Crippen molar-refractivity contribution in [2.75, 3.05) is 26.2 Å². The van der Waals surface area contributed by atoms with Crippen LogP contribution < -0.4 is 5.32 Å². The Morgan fingerprint density at radius 3 is 2.94 bits per heavy atom. The van der Waals surface area contributed by atoms with Crippen LogP contribution in [0.25, 0.3) is 0 Å². The summed E-state index contributed by atoms with van der Waals surface area (Å²) in [6.07, 6.45) is 8.43. The largest absolute Gasteiger partial charge is 0.338 e. The molecule has 0 radical (unpaired) electrons. The van der Waals surface area contributed by atoms with E-state index in [1.807, 2.05) is 4.90 Å². The lowest BCUT2D eigenvalue weighted by atomic mass is 9.81. The van der Waals surface area contributed by atoms with Gasteiger partial charge in [-0.15, -0.1) is 0 Å². The summed E-state index contributed by atoms with van der Waals surface area (Å²) in [5.74, 6) is 0.378. The standard InChI is InChI=1S/C13H22N2O/c1-2-6-13(7-8-14-11-13)12(16)15-9-4-3-5-10-15/h3-4,14H,2,5-11H2,1H3. The van der Waals surface area contributed by atoms with Gasteiger partial charge in [0.05, 0.1) is 5.41 Å². The molecule has 0 aromatic carbocycles. The van der Waals surface area contributed by atoms with E-state index in [0.717, 1.165) is 51.9 Å². The summed E-state index contributed by atoms with van der Waals surface area (Å²) in [5.41, 5.74) is -0.0973. The molecule has 2 aliphatic heterocycles. The lowest BCUT2D eigenvalue weighted by molar-refractivity contribution is -0.141. The molecular formula is C13H22N2O. The van der Waals surface area contributed by atoms with Crippen LogP contribution in [0.5, 0.6) is 0 Å². The highest BCUT2D eigenvalue weighted by Gasteiger charge is 2.42. The molecule has 1 saturated heterocycles. The lowest BCUT2D eigenvalue weighted by Crippen LogP contribution is -2.46. The average Bonchev–Trinajstić information content (AvgIpc) is 2.80. The van der Waals surface area contributed by atoms with Crippen molar-refractivity contribution in [2.24, 2.45) is 5.41 Å². The first-order valence-corrected chi connectivity index (χ1v) is 6.43. The minimum absolute atomic E-state index is 0.0973. The van der Waals surface area contributed by atoms with E-state index in [2.05, 4.69) is 24.4 Å². The van der Waals surface area contributed by atoms with Crippen molar-refractivity contribution in [1.29, 1.82) is 0 Å². The van der Waals surface area contributed by atoms with Crippen molar-refractivity contribution in [3.05, 3.63) is 12.2 Å². The van der Waals surface area contributed by atoms with Gasteiger partial charge in [-0.2, -0.15) is 0 Å². The van der Waals surface area contributed by atoms with Gasteiger partial charge >= 0.3 is 0 Å². The number of carbonyl (C=O) groups excluding carboxylic acids is 1. The van der Waals surface area contributed by atoms with Gasteiger partial charge in [-0.25, -0.2) is 0 Å². The Balaban J connectivity index is 2.07. The second kappa shape index (κ2) is 5.00. The van der Waals surface area contributed by atoms with Crippen molar-refractivity contribution in [3.8, 4) is 0 Å². The maximum Gasteiger partial charge on any atom is 0.230 e. The van der Waals surface area contributed by atoms with E-state index >= 15 is 0 Å². The molecular weight excluding hydrogens is 200 g/mol. The molecule has 2 heterocycles. The first kappa shape index (κ1) is 11.6. The fraction of sp³-hybridized carbons (Fsp3) is 0.769. The monoisotopic (exact) mass is 222 g/mol. The fourth-order valence-corrected chi connectivity index (χ4v) is 2.89. The summed E-state index contributed by atoms with van der Waals surface area (Å²) in [7, 11) is 0. The zero-order valence-corrected chi connectivity index (χ0v) is 10.2. The molecule has 1 amide bonds. The molecule has 0 aromatic heterocycles. The van der Waals surface area contributed by atoms with Gasteiger partial charge in [0, 0.05) is 19.6 Å². The molecule has 90 valence electrons. The van der Waals surface area contributed by atoms with E-state index in [-0.39, 0.29) is 5.41 Å². The third-order valence-electron chi connectivity index (χ3n) is 3.77. The van der Waals surface area contributed by atoms with Gasteiger partial charge in [0.15, 0.2) is 0 Å². The van der Waals surface area contributed by atoms with Gasteiger partial charge < -0.3 is 10.2 Å². The minimum atomic E-state index is -0.0973. The molecule has 3 nitrogen and oxygen atoms in total. The molecule has 0 saturated carbocycles. The van der Waals surface area contributed by atoms with Crippen LogP contribution in [0, 0.1) is 5.41 Å². The van der Waals surface area contributed by atoms with Crippen molar-refractivity contribution < 1.29 is 4.79 Å². The first-order valence-electron chi connectivity index (χ1n) is 6.43. The molecule has 1 fully saturated rings. The third-order valence-corrected chi connectivity index (χ3v) is 3.77. The molecule has 2 rings (SSSR count). The van der Waals surface area contributed by atoms with E-state index in [1.165, 1.54) is 0 Å². The van der Waals surface area contributed by atoms with Crippen LogP contribution in [0.3, 0.4) is 0 Å². The summed E-state index contributed by atoms with van der Waals surface area (Å²) < 4.78 is 0. The lowest BCUT2D eigenvalue weighted by Gasteiger charge is -2.34. The summed E-state index contributed by atoms with van der Waals surface area (Å²) in [6.45, 7) is 5.75. The molecule has 3 heteroatoms. The number of nitrogens with zero attached hydrogens (tertiary/aromatic N) is 1.